The number of hydrogen-bond donors (Lipinski definition) is 2. The molecular weight excluding hydrogens is 290 g/mol. The van der Waals surface area contributed by atoms with Gasteiger partial charge in [-0.15, -0.1) is 0 Å². The summed E-state index contributed by atoms with van der Waals surface area (Å²) in [5.41, 5.74) is 5.98. The molecule has 3 N–H and O–H groups in total. The van der Waals surface area contributed by atoms with Crippen LogP contribution in [0.25, 0.3) is 0 Å². The van der Waals surface area contributed by atoms with Crippen LogP contribution in [0.5, 0.6) is 5.75 Å². The summed E-state index contributed by atoms with van der Waals surface area (Å²) in [6.07, 6.45) is 0. The molecule has 0 aromatic heterocycles. The highest BCUT2D eigenvalue weighted by Gasteiger charge is 2.21. The van der Waals surface area contributed by atoms with Crippen LogP contribution in [0.4, 0.5) is 5.69 Å². The average Bonchev–Trinajstić information content (AvgIpc) is 2.43. The normalized spacial score (nSPS) is 13.4. The Hall–Kier alpha value is -1.31. The van der Waals surface area contributed by atoms with E-state index in [2.05, 4.69) is 9.62 Å². The van der Waals surface area contributed by atoms with Gasteiger partial charge in [0, 0.05) is 18.7 Å². The highest BCUT2D eigenvalue weighted by molar-refractivity contribution is 7.89. The van der Waals surface area contributed by atoms with Crippen molar-refractivity contribution in [2.45, 2.75) is 31.7 Å². The second-order valence-electron chi connectivity index (χ2n) is 4.91. The first-order chi connectivity index (χ1) is 9.83. The molecule has 1 rings (SSSR count). The van der Waals surface area contributed by atoms with Crippen LogP contribution in [0.3, 0.4) is 0 Å². The minimum Gasteiger partial charge on any atom is -0.497 e. The van der Waals surface area contributed by atoms with Gasteiger partial charge in [0.25, 0.3) is 0 Å². The second kappa shape index (κ2) is 7.63. The lowest BCUT2D eigenvalue weighted by Gasteiger charge is -2.23. The largest absolute Gasteiger partial charge is 0.497 e. The fraction of sp³-hybridized carbons (Fsp3) is 0.571. The first kappa shape index (κ1) is 17.7. The maximum atomic E-state index is 12.4. The molecule has 0 fully saturated rings. The maximum Gasteiger partial charge on any atom is 0.242 e. The summed E-state index contributed by atoms with van der Waals surface area (Å²) in [4.78, 5) is 2.24. The van der Waals surface area contributed by atoms with E-state index in [-0.39, 0.29) is 16.6 Å². The summed E-state index contributed by atoms with van der Waals surface area (Å²) in [7, 11) is -2.13. The summed E-state index contributed by atoms with van der Waals surface area (Å²) in [5.74, 6) is 0.530. The molecule has 7 heteroatoms. The predicted molar refractivity (Wildman–Crippen MR) is 85.0 cm³/mol. The zero-order valence-corrected chi connectivity index (χ0v) is 13.9. The van der Waals surface area contributed by atoms with Gasteiger partial charge in [0.1, 0.15) is 10.6 Å². The fourth-order valence-electron chi connectivity index (χ4n) is 2.13. The number of nitrogens with zero attached hydrogens (tertiary/aromatic N) is 1. The molecule has 0 aliphatic heterocycles. The molecule has 21 heavy (non-hydrogen) atoms. The van der Waals surface area contributed by atoms with Crippen LogP contribution in [0.15, 0.2) is 23.1 Å². The van der Waals surface area contributed by atoms with Gasteiger partial charge in [0.2, 0.25) is 10.0 Å². The molecule has 0 radical (unpaired) electrons. The number of nitrogens with one attached hydrogen (secondary N) is 1. The van der Waals surface area contributed by atoms with Crippen LogP contribution in [0, 0.1) is 0 Å². The van der Waals surface area contributed by atoms with Gasteiger partial charge < -0.3 is 15.4 Å². The van der Waals surface area contributed by atoms with E-state index in [1.54, 1.807) is 6.07 Å². The molecule has 0 amide bonds. The summed E-state index contributed by atoms with van der Waals surface area (Å²) in [5, 5.41) is 0. The van der Waals surface area contributed by atoms with E-state index < -0.39 is 10.0 Å². The van der Waals surface area contributed by atoms with Gasteiger partial charge in [0.15, 0.2) is 0 Å². The van der Waals surface area contributed by atoms with Gasteiger partial charge in [0.05, 0.1) is 12.8 Å². The average molecular weight is 315 g/mol. The van der Waals surface area contributed by atoms with Crippen LogP contribution < -0.4 is 15.2 Å². The first-order valence-electron chi connectivity index (χ1n) is 7.02. The van der Waals surface area contributed by atoms with Gasteiger partial charge in [-0.2, -0.15) is 0 Å². The molecule has 0 aliphatic carbocycles. The summed E-state index contributed by atoms with van der Waals surface area (Å²) < 4.78 is 32.4. The number of anilines is 1. The van der Waals surface area contributed by atoms with Crippen LogP contribution >= 0.6 is 0 Å². The minimum absolute atomic E-state index is 0.0784. The van der Waals surface area contributed by atoms with Crippen LogP contribution in [-0.2, 0) is 10.0 Å². The lowest BCUT2D eigenvalue weighted by Crippen LogP contribution is -2.42. The molecular formula is C14H25N3O3S. The number of sulfonamides is 1. The van der Waals surface area contributed by atoms with Crippen LogP contribution in [-0.4, -0.2) is 46.1 Å². The molecule has 0 saturated carbocycles. The lowest BCUT2D eigenvalue weighted by atomic mass is 10.3. The van der Waals surface area contributed by atoms with Crippen molar-refractivity contribution in [1.82, 2.24) is 9.62 Å². The van der Waals surface area contributed by atoms with Crippen molar-refractivity contribution in [3.63, 3.8) is 0 Å². The molecule has 1 aromatic rings. The van der Waals surface area contributed by atoms with E-state index in [0.717, 1.165) is 13.1 Å². The highest BCUT2D eigenvalue weighted by Crippen LogP contribution is 2.23. The number of ether oxygens (including phenoxy) is 1. The summed E-state index contributed by atoms with van der Waals surface area (Å²) in [6, 6.07) is 4.35. The number of methoxy groups -OCH3 is 1. The highest BCUT2D eigenvalue weighted by atomic mass is 32.2. The van der Waals surface area contributed by atoms with E-state index >= 15 is 0 Å². The Balaban J connectivity index is 2.86. The first-order valence-corrected chi connectivity index (χ1v) is 8.50. The van der Waals surface area contributed by atoms with Crippen molar-refractivity contribution in [3.05, 3.63) is 18.2 Å². The van der Waals surface area contributed by atoms with Crippen LogP contribution in [0.2, 0.25) is 0 Å². The standard InChI is InChI=1S/C14H25N3O3S/c1-5-17(6-2)10-11(3)16-21(18,19)14-8-7-12(20-4)9-13(14)15/h7-9,11,16H,5-6,10,15H2,1-4H3. The SMILES string of the molecule is CCN(CC)CC(C)NS(=O)(=O)c1ccc(OC)cc1N. The Labute approximate surface area is 127 Å². The van der Waals surface area contributed by atoms with Crippen molar-refractivity contribution >= 4 is 15.7 Å². The molecule has 120 valence electrons. The number of hydrogen-bond acceptors (Lipinski definition) is 5. The van der Waals surface area contributed by atoms with E-state index in [1.165, 1.54) is 19.2 Å². The quantitative estimate of drug-likeness (QED) is 0.706. The minimum atomic E-state index is -3.63. The van der Waals surface area contributed by atoms with Crippen LogP contribution in [0.1, 0.15) is 20.8 Å². The smallest absolute Gasteiger partial charge is 0.242 e. The molecule has 1 aromatic carbocycles. The molecule has 0 heterocycles. The number of likely N-dealkylation sites (N-methyl/N-ethyl adjacent to an activating group) is 1. The Morgan fingerprint density at radius 1 is 1.33 bits per heavy atom. The number of nitrogen functional groups attached to an aromatic ring is 1. The molecule has 0 spiro atoms. The van der Waals surface area contributed by atoms with E-state index in [0.29, 0.717) is 12.3 Å². The lowest BCUT2D eigenvalue weighted by molar-refractivity contribution is 0.282. The predicted octanol–water partition coefficient (Wildman–Crippen LogP) is 1.29. The Bertz CT molecular complexity index is 557. The molecule has 0 aliphatic rings. The van der Waals surface area contributed by atoms with E-state index in [1.807, 2.05) is 20.8 Å². The second-order valence-corrected chi connectivity index (χ2v) is 6.59. The fourth-order valence-corrected chi connectivity index (χ4v) is 3.48. The van der Waals surface area contributed by atoms with Gasteiger partial charge in [-0.05, 0) is 32.1 Å². The maximum absolute atomic E-state index is 12.4. The number of rotatable bonds is 8. The summed E-state index contributed by atoms with van der Waals surface area (Å²) in [6.45, 7) is 8.36. The molecule has 0 bridgehead atoms. The molecule has 1 unspecified atom stereocenters. The zero-order chi connectivity index (χ0) is 16.0. The van der Waals surface area contributed by atoms with E-state index in [9.17, 15) is 8.42 Å². The Kier molecular flexibility index (Phi) is 6.44. The molecule has 1 atom stereocenters. The van der Waals surface area contributed by atoms with E-state index in [4.69, 9.17) is 10.5 Å². The zero-order valence-electron chi connectivity index (χ0n) is 13.1. The number of nitrogens with two attached hydrogens (primary N) is 1. The van der Waals surface area contributed by atoms with Gasteiger partial charge in [-0.1, -0.05) is 13.8 Å². The molecule has 0 saturated heterocycles. The van der Waals surface area contributed by atoms with Crippen molar-refractivity contribution in [2.24, 2.45) is 0 Å². The topological polar surface area (TPSA) is 84.7 Å². The van der Waals surface area contributed by atoms with Crippen molar-refractivity contribution < 1.29 is 13.2 Å². The third-order valence-corrected chi connectivity index (χ3v) is 4.95. The third kappa shape index (κ3) is 4.87. The van der Waals surface area contributed by atoms with Crippen molar-refractivity contribution in [3.8, 4) is 5.75 Å². The van der Waals surface area contributed by atoms with Gasteiger partial charge in [-0.25, -0.2) is 13.1 Å². The molecule has 6 nitrogen and oxygen atoms in total. The number of benzene rings is 1. The monoisotopic (exact) mass is 315 g/mol. The van der Waals surface area contributed by atoms with Crippen molar-refractivity contribution in [1.29, 1.82) is 0 Å². The summed E-state index contributed by atoms with van der Waals surface area (Å²) >= 11 is 0. The Morgan fingerprint density at radius 2 is 1.95 bits per heavy atom. The third-order valence-electron chi connectivity index (χ3n) is 3.29. The van der Waals surface area contributed by atoms with Crippen molar-refractivity contribution in [2.75, 3.05) is 32.5 Å². The Morgan fingerprint density at radius 3 is 2.43 bits per heavy atom. The van der Waals surface area contributed by atoms with Gasteiger partial charge in [-0.3, -0.25) is 0 Å². The van der Waals surface area contributed by atoms with Gasteiger partial charge >= 0.3 is 0 Å².